The Morgan fingerprint density at radius 3 is 2.60 bits per heavy atom. The summed E-state index contributed by atoms with van der Waals surface area (Å²) in [4.78, 5) is 27.3. The Labute approximate surface area is 146 Å². The zero-order chi connectivity index (χ0) is 17.8. The van der Waals surface area contributed by atoms with Gasteiger partial charge in [-0.05, 0) is 48.9 Å². The van der Waals surface area contributed by atoms with Crippen LogP contribution in [-0.4, -0.2) is 10.9 Å². The lowest BCUT2D eigenvalue weighted by atomic mass is 10.0. The zero-order valence-electron chi connectivity index (χ0n) is 14.6. The first-order valence-corrected chi connectivity index (χ1v) is 8.47. The van der Waals surface area contributed by atoms with Crippen LogP contribution in [0.3, 0.4) is 0 Å². The molecule has 0 saturated heterocycles. The summed E-state index contributed by atoms with van der Waals surface area (Å²) in [5.74, 6) is -0.0521. The monoisotopic (exact) mass is 334 g/mol. The number of pyridine rings is 1. The van der Waals surface area contributed by atoms with Gasteiger partial charge in [0.25, 0.3) is 5.56 Å². The van der Waals surface area contributed by atoms with Gasteiger partial charge in [-0.2, -0.15) is 0 Å². The van der Waals surface area contributed by atoms with E-state index in [1.54, 1.807) is 0 Å². The van der Waals surface area contributed by atoms with Crippen LogP contribution in [0.2, 0.25) is 0 Å². The molecule has 4 nitrogen and oxygen atoms in total. The highest BCUT2D eigenvalue weighted by molar-refractivity contribution is 5.83. The zero-order valence-corrected chi connectivity index (χ0v) is 14.6. The maximum atomic E-state index is 12.3. The molecule has 1 amide bonds. The lowest BCUT2D eigenvalue weighted by molar-refractivity contribution is -0.121. The van der Waals surface area contributed by atoms with E-state index in [9.17, 15) is 9.59 Å². The lowest BCUT2D eigenvalue weighted by Crippen LogP contribution is -2.24. The average molecular weight is 334 g/mol. The van der Waals surface area contributed by atoms with Gasteiger partial charge in [-0.25, -0.2) is 0 Å². The molecule has 0 aliphatic heterocycles. The highest BCUT2D eigenvalue weighted by Gasteiger charge is 2.08. The van der Waals surface area contributed by atoms with Crippen molar-refractivity contribution in [1.82, 2.24) is 10.3 Å². The van der Waals surface area contributed by atoms with Crippen LogP contribution < -0.4 is 10.9 Å². The maximum Gasteiger partial charge on any atom is 0.251 e. The highest BCUT2D eigenvalue weighted by atomic mass is 16.1. The number of nitrogens with one attached hydrogen (secondary N) is 2. The summed E-state index contributed by atoms with van der Waals surface area (Å²) in [6.45, 7) is 4.53. The lowest BCUT2D eigenvalue weighted by Gasteiger charge is -2.08. The quantitative estimate of drug-likeness (QED) is 0.751. The Hall–Kier alpha value is -2.88. The summed E-state index contributed by atoms with van der Waals surface area (Å²) in [6, 6.07) is 15.8. The molecule has 2 N–H and O–H groups in total. The van der Waals surface area contributed by atoms with Gasteiger partial charge in [-0.1, -0.05) is 42.0 Å². The van der Waals surface area contributed by atoms with E-state index in [0.29, 0.717) is 24.9 Å². The second kappa shape index (κ2) is 7.34. The molecule has 0 aliphatic rings. The largest absolute Gasteiger partial charge is 0.352 e. The first kappa shape index (κ1) is 17.0. The van der Waals surface area contributed by atoms with E-state index in [4.69, 9.17) is 0 Å². The van der Waals surface area contributed by atoms with Gasteiger partial charge >= 0.3 is 0 Å². The van der Waals surface area contributed by atoms with Crippen LogP contribution in [0, 0.1) is 13.8 Å². The van der Waals surface area contributed by atoms with E-state index in [1.165, 1.54) is 0 Å². The number of benzene rings is 2. The topological polar surface area (TPSA) is 62.0 Å². The number of H-pyrrole nitrogens is 1. The van der Waals surface area contributed by atoms with Crippen LogP contribution in [0.25, 0.3) is 10.9 Å². The van der Waals surface area contributed by atoms with E-state index in [-0.39, 0.29) is 11.5 Å². The summed E-state index contributed by atoms with van der Waals surface area (Å²) in [6.07, 6.45) is 0.727. The number of hydrogen-bond acceptors (Lipinski definition) is 2. The fraction of sp³-hybridized carbons (Fsp3) is 0.238. The van der Waals surface area contributed by atoms with Gasteiger partial charge in [-0.3, -0.25) is 9.59 Å². The van der Waals surface area contributed by atoms with Crippen LogP contribution in [0.4, 0.5) is 0 Å². The molecular weight excluding hydrogens is 312 g/mol. The Bertz CT molecular complexity index is 959. The molecule has 0 fully saturated rings. The van der Waals surface area contributed by atoms with Gasteiger partial charge in [0.15, 0.2) is 0 Å². The van der Waals surface area contributed by atoms with Crippen molar-refractivity contribution in [2.75, 3.05) is 0 Å². The van der Waals surface area contributed by atoms with Crippen molar-refractivity contribution in [1.29, 1.82) is 0 Å². The molecule has 0 spiro atoms. The molecule has 128 valence electrons. The molecular formula is C21H22N2O2. The first-order valence-electron chi connectivity index (χ1n) is 8.47. The van der Waals surface area contributed by atoms with Crippen molar-refractivity contribution in [3.8, 4) is 0 Å². The third-order valence-electron chi connectivity index (χ3n) is 4.32. The number of carbonyl (C=O) groups is 1. The Balaban J connectivity index is 1.67. The minimum absolute atomic E-state index is 0.0521. The molecule has 1 heterocycles. The summed E-state index contributed by atoms with van der Waals surface area (Å²) >= 11 is 0. The van der Waals surface area contributed by atoms with Crippen LogP contribution >= 0.6 is 0 Å². The molecule has 1 aromatic heterocycles. The molecule has 2 aromatic carbocycles. The predicted octanol–water partition coefficient (Wildman–Crippen LogP) is 3.39. The molecule has 0 aliphatic carbocycles. The van der Waals surface area contributed by atoms with Gasteiger partial charge in [0.1, 0.15) is 0 Å². The number of carbonyl (C=O) groups excluding carboxylic acids is 1. The van der Waals surface area contributed by atoms with Gasteiger partial charge in [0, 0.05) is 18.5 Å². The summed E-state index contributed by atoms with van der Waals surface area (Å²) in [7, 11) is 0. The smallest absolute Gasteiger partial charge is 0.251 e. The first-order chi connectivity index (χ1) is 12.0. The van der Waals surface area contributed by atoms with Crippen molar-refractivity contribution < 1.29 is 4.79 Å². The molecule has 0 bridgehead atoms. The fourth-order valence-corrected chi connectivity index (χ4v) is 3.05. The number of aromatic nitrogens is 1. The van der Waals surface area contributed by atoms with Crippen molar-refractivity contribution in [3.63, 3.8) is 0 Å². The third kappa shape index (κ3) is 4.15. The number of hydrogen-bond donors (Lipinski definition) is 2. The Kier molecular flexibility index (Phi) is 4.98. The van der Waals surface area contributed by atoms with E-state index >= 15 is 0 Å². The van der Waals surface area contributed by atoms with Crippen molar-refractivity contribution in [2.24, 2.45) is 0 Å². The average Bonchev–Trinajstić information content (AvgIpc) is 2.60. The number of rotatable bonds is 5. The van der Waals surface area contributed by atoms with Crippen LogP contribution in [0.5, 0.6) is 0 Å². The van der Waals surface area contributed by atoms with Gasteiger partial charge in [0.2, 0.25) is 5.91 Å². The van der Waals surface area contributed by atoms with Crippen molar-refractivity contribution in [3.05, 3.63) is 81.1 Å². The number of amides is 1. The summed E-state index contributed by atoms with van der Waals surface area (Å²) in [5, 5.41) is 3.90. The number of aromatic amines is 1. The van der Waals surface area contributed by atoms with Crippen molar-refractivity contribution in [2.45, 2.75) is 33.2 Å². The molecule has 0 unspecified atom stereocenters. The third-order valence-corrected chi connectivity index (χ3v) is 4.32. The van der Waals surface area contributed by atoms with Gasteiger partial charge in [-0.15, -0.1) is 0 Å². The minimum Gasteiger partial charge on any atom is -0.352 e. The molecule has 3 rings (SSSR count). The molecule has 0 atom stereocenters. The number of fused-ring (bicyclic) bond motifs is 1. The van der Waals surface area contributed by atoms with Crippen molar-refractivity contribution >= 4 is 16.8 Å². The molecule has 0 saturated carbocycles. The predicted molar refractivity (Wildman–Crippen MR) is 101 cm³/mol. The van der Waals surface area contributed by atoms with Crippen LogP contribution in [0.15, 0.2) is 53.3 Å². The van der Waals surface area contributed by atoms with E-state index < -0.39 is 0 Å². The molecule has 25 heavy (non-hydrogen) atoms. The van der Waals surface area contributed by atoms with Gasteiger partial charge in [0.05, 0.1) is 5.52 Å². The summed E-state index contributed by atoms with van der Waals surface area (Å²) < 4.78 is 0. The number of aryl methyl sites for hydroxylation is 3. The Morgan fingerprint density at radius 2 is 1.84 bits per heavy atom. The maximum absolute atomic E-state index is 12.3. The van der Waals surface area contributed by atoms with E-state index in [1.807, 2.05) is 50.2 Å². The second-order valence-corrected chi connectivity index (χ2v) is 6.43. The molecule has 3 aromatic rings. The van der Waals surface area contributed by atoms with E-state index in [2.05, 4.69) is 22.4 Å². The van der Waals surface area contributed by atoms with Crippen LogP contribution in [0.1, 0.15) is 28.7 Å². The molecule has 4 heteroatoms. The minimum atomic E-state index is -0.115. The van der Waals surface area contributed by atoms with Crippen LogP contribution in [-0.2, 0) is 17.8 Å². The summed E-state index contributed by atoms with van der Waals surface area (Å²) in [5.41, 5.74) is 4.67. The highest BCUT2D eigenvalue weighted by Crippen LogP contribution is 2.18. The molecule has 0 radical (unpaired) electrons. The normalized spacial score (nSPS) is 10.8. The van der Waals surface area contributed by atoms with Gasteiger partial charge < -0.3 is 10.3 Å². The fourth-order valence-electron chi connectivity index (χ4n) is 3.05. The van der Waals surface area contributed by atoms with E-state index in [0.717, 1.165) is 27.6 Å². The second-order valence-electron chi connectivity index (χ2n) is 6.43. The standard InChI is InChI=1S/C21H22N2O2/c1-14-10-15(2)20-18(11-14)12-17(21(25)23-20)8-9-19(24)22-13-16-6-4-3-5-7-16/h3-7,10-12H,8-9,13H2,1-2H3,(H,22,24)(H,23,25). The SMILES string of the molecule is Cc1cc(C)c2[nH]c(=O)c(CCC(=O)NCc3ccccc3)cc2c1. The Morgan fingerprint density at radius 1 is 1.08 bits per heavy atom.